The van der Waals surface area contributed by atoms with Gasteiger partial charge in [0.05, 0.1) is 6.61 Å². The van der Waals surface area contributed by atoms with Gasteiger partial charge in [-0.2, -0.15) is 0 Å². The molecule has 8 N–H and O–H groups in total. The molecule has 0 aromatic heterocycles. The van der Waals surface area contributed by atoms with Gasteiger partial charge in [0.2, 0.25) is 0 Å². The molecular weight excluding hydrogens is 414 g/mol. The van der Waals surface area contributed by atoms with Crippen molar-refractivity contribution in [3.63, 3.8) is 0 Å². The minimum absolute atomic E-state index is 0.197. The molecule has 11 heteroatoms. The molecule has 184 valence electrons. The lowest BCUT2D eigenvalue weighted by Crippen LogP contribution is -2.64. The summed E-state index contributed by atoms with van der Waals surface area (Å²) in [7, 11) is 0. The van der Waals surface area contributed by atoms with E-state index in [2.05, 4.69) is 19.2 Å². The van der Waals surface area contributed by atoms with Crippen LogP contribution < -0.4 is 5.32 Å². The summed E-state index contributed by atoms with van der Waals surface area (Å²) < 4.78 is 16.3. The normalized spacial score (nSPS) is 42.5. The molecule has 0 aromatic carbocycles. The first-order chi connectivity index (χ1) is 14.7. The highest BCUT2D eigenvalue weighted by atomic mass is 16.8. The van der Waals surface area contributed by atoms with Crippen molar-refractivity contribution in [1.29, 1.82) is 0 Å². The fourth-order valence-corrected chi connectivity index (χ4v) is 3.88. The van der Waals surface area contributed by atoms with Gasteiger partial charge >= 0.3 is 0 Å². The van der Waals surface area contributed by atoms with Crippen LogP contribution in [0.5, 0.6) is 0 Å². The summed E-state index contributed by atoms with van der Waals surface area (Å²) in [6, 6.07) is 0. The van der Waals surface area contributed by atoms with Gasteiger partial charge in [0, 0.05) is 6.54 Å². The van der Waals surface area contributed by atoms with E-state index in [-0.39, 0.29) is 6.54 Å². The molecule has 31 heavy (non-hydrogen) atoms. The van der Waals surface area contributed by atoms with Gasteiger partial charge in [0.25, 0.3) is 0 Å². The number of unbranched alkanes of at least 4 members (excludes halogenated alkanes) is 1. The maximum absolute atomic E-state index is 10.3. The zero-order valence-corrected chi connectivity index (χ0v) is 18.2. The fraction of sp³-hybridized carbons (Fsp3) is 1.00. The molecule has 2 aliphatic rings. The van der Waals surface area contributed by atoms with E-state index in [0.717, 1.165) is 25.7 Å². The quantitative estimate of drug-likeness (QED) is 0.164. The monoisotopic (exact) mass is 453 g/mol. The van der Waals surface area contributed by atoms with E-state index in [1.54, 1.807) is 0 Å². The van der Waals surface area contributed by atoms with E-state index < -0.39 is 68.0 Å². The Balaban J connectivity index is 1.96. The van der Waals surface area contributed by atoms with Crippen LogP contribution in [-0.2, 0) is 14.2 Å². The van der Waals surface area contributed by atoms with Gasteiger partial charge in [-0.15, -0.1) is 0 Å². The summed E-state index contributed by atoms with van der Waals surface area (Å²) in [4.78, 5) is 0. The molecule has 2 rings (SSSR count). The first kappa shape index (κ1) is 26.8. The number of ether oxygens (including phenoxy) is 3. The van der Waals surface area contributed by atoms with Crippen LogP contribution in [0.4, 0.5) is 0 Å². The molecule has 2 aliphatic heterocycles. The van der Waals surface area contributed by atoms with Gasteiger partial charge in [-0.1, -0.05) is 33.1 Å². The van der Waals surface area contributed by atoms with Crippen LogP contribution in [0.25, 0.3) is 0 Å². The van der Waals surface area contributed by atoms with Crippen LogP contribution in [0, 0.1) is 5.92 Å². The van der Waals surface area contributed by atoms with Crippen molar-refractivity contribution in [2.75, 3.05) is 19.7 Å². The van der Waals surface area contributed by atoms with Crippen molar-refractivity contribution in [3.05, 3.63) is 0 Å². The van der Waals surface area contributed by atoms with E-state index >= 15 is 0 Å². The highest BCUT2D eigenvalue weighted by molar-refractivity contribution is 4.93. The first-order valence-electron chi connectivity index (χ1n) is 11.1. The van der Waals surface area contributed by atoms with Crippen LogP contribution in [0.15, 0.2) is 0 Å². The second-order valence-corrected chi connectivity index (χ2v) is 8.42. The predicted molar refractivity (Wildman–Crippen MR) is 108 cm³/mol. The van der Waals surface area contributed by atoms with Crippen LogP contribution >= 0.6 is 0 Å². The largest absolute Gasteiger partial charge is 0.394 e. The smallest absolute Gasteiger partial charge is 0.189 e. The number of aliphatic hydroxyl groups excluding tert-OH is 7. The zero-order chi connectivity index (χ0) is 23.1. The van der Waals surface area contributed by atoms with Crippen molar-refractivity contribution in [2.45, 2.75) is 101 Å². The SMILES string of the molecule is CCCCC(CC)CNC[C@H]1O[C@H](OC2O[C@H](CO)[C@@H](O)[C@H](O)[C@H]2O)[C@H](O)[C@@H](O)[C@@H]1O. The molecule has 0 aliphatic carbocycles. The van der Waals surface area contributed by atoms with Crippen LogP contribution in [0.1, 0.15) is 39.5 Å². The molecular formula is C20H39NO10. The van der Waals surface area contributed by atoms with E-state index in [0.29, 0.717) is 12.5 Å². The Morgan fingerprint density at radius 1 is 0.806 bits per heavy atom. The molecule has 0 saturated carbocycles. The Morgan fingerprint density at radius 2 is 1.35 bits per heavy atom. The maximum Gasteiger partial charge on any atom is 0.189 e. The molecule has 0 spiro atoms. The predicted octanol–water partition coefficient (Wildman–Crippen LogP) is -2.58. The second kappa shape index (κ2) is 12.7. The summed E-state index contributed by atoms with van der Waals surface area (Å²) in [5, 5.41) is 73.1. The Morgan fingerprint density at radius 3 is 1.87 bits per heavy atom. The second-order valence-electron chi connectivity index (χ2n) is 8.42. The minimum atomic E-state index is -1.68. The number of nitrogens with one attached hydrogen (secondary N) is 1. The highest BCUT2D eigenvalue weighted by Gasteiger charge is 2.49. The van der Waals surface area contributed by atoms with Gasteiger partial charge in [-0.25, -0.2) is 0 Å². The lowest BCUT2D eigenvalue weighted by molar-refractivity contribution is -0.374. The fourth-order valence-electron chi connectivity index (χ4n) is 3.88. The van der Waals surface area contributed by atoms with Crippen molar-refractivity contribution < 1.29 is 50.0 Å². The van der Waals surface area contributed by atoms with E-state index in [4.69, 9.17) is 14.2 Å². The average molecular weight is 454 g/mol. The summed E-state index contributed by atoms with van der Waals surface area (Å²) in [5.74, 6) is 0.470. The van der Waals surface area contributed by atoms with Crippen molar-refractivity contribution >= 4 is 0 Å². The van der Waals surface area contributed by atoms with Crippen molar-refractivity contribution in [1.82, 2.24) is 5.32 Å². The number of hydrogen-bond acceptors (Lipinski definition) is 11. The minimum Gasteiger partial charge on any atom is -0.394 e. The summed E-state index contributed by atoms with van der Waals surface area (Å²) in [6.45, 7) is 4.51. The van der Waals surface area contributed by atoms with Crippen LogP contribution in [0.3, 0.4) is 0 Å². The lowest BCUT2D eigenvalue weighted by atomic mass is 9.97. The molecule has 0 aromatic rings. The molecule has 11 atom stereocenters. The van der Waals surface area contributed by atoms with Gasteiger partial charge in [-0.05, 0) is 18.9 Å². The molecule has 2 fully saturated rings. The molecule has 0 radical (unpaired) electrons. The molecule has 11 nitrogen and oxygen atoms in total. The van der Waals surface area contributed by atoms with Gasteiger partial charge < -0.3 is 55.3 Å². The third-order valence-electron chi connectivity index (χ3n) is 6.11. The third kappa shape index (κ3) is 6.78. The highest BCUT2D eigenvalue weighted by Crippen LogP contribution is 2.28. The molecule has 2 saturated heterocycles. The van der Waals surface area contributed by atoms with E-state index in [9.17, 15) is 35.7 Å². The van der Waals surface area contributed by atoms with E-state index in [1.807, 2.05) is 0 Å². The molecule has 0 amide bonds. The Bertz CT molecular complexity index is 512. The number of aliphatic hydroxyl groups is 7. The lowest BCUT2D eigenvalue weighted by Gasteiger charge is -2.44. The number of hydrogen-bond donors (Lipinski definition) is 8. The number of rotatable bonds is 11. The third-order valence-corrected chi connectivity index (χ3v) is 6.11. The molecule has 2 unspecified atom stereocenters. The Hall–Kier alpha value is -0.440. The van der Waals surface area contributed by atoms with Gasteiger partial charge in [0.1, 0.15) is 48.8 Å². The van der Waals surface area contributed by atoms with Crippen molar-refractivity contribution in [2.24, 2.45) is 5.92 Å². The Kier molecular flexibility index (Phi) is 11.0. The van der Waals surface area contributed by atoms with Gasteiger partial charge in [-0.3, -0.25) is 0 Å². The average Bonchev–Trinajstić information content (AvgIpc) is 2.77. The molecule has 2 heterocycles. The summed E-state index contributed by atoms with van der Waals surface area (Å²) in [5.41, 5.74) is 0. The van der Waals surface area contributed by atoms with Gasteiger partial charge in [0.15, 0.2) is 12.6 Å². The first-order valence-corrected chi connectivity index (χ1v) is 11.1. The molecule has 0 bridgehead atoms. The summed E-state index contributed by atoms with van der Waals surface area (Å²) in [6.07, 6.45) is -10.3. The van der Waals surface area contributed by atoms with Crippen LogP contribution in [-0.4, -0.2) is 117 Å². The Labute approximate surface area is 182 Å². The van der Waals surface area contributed by atoms with E-state index in [1.165, 1.54) is 0 Å². The zero-order valence-electron chi connectivity index (χ0n) is 18.2. The maximum atomic E-state index is 10.3. The standard InChI is InChI=1S/C20H39NO10/c1-3-5-6-10(4-2)7-21-8-11-13(23)15(25)17(27)19(29-11)31-20-18(28)16(26)14(24)12(9-22)30-20/h10-28H,3-9H2,1-2H3/t10?,11-,12-,13-,14-,15+,16+,17-,18-,19-,20?/m1/s1. The summed E-state index contributed by atoms with van der Waals surface area (Å²) >= 11 is 0. The topological polar surface area (TPSA) is 181 Å². The van der Waals surface area contributed by atoms with Crippen LogP contribution in [0.2, 0.25) is 0 Å². The van der Waals surface area contributed by atoms with Crippen molar-refractivity contribution in [3.8, 4) is 0 Å².